The largest absolute Gasteiger partial charge is 0.386 e. The molecule has 0 aromatic carbocycles. The molecule has 120 valence electrons. The number of anilines is 1. The molecule has 0 radical (unpaired) electrons. The van der Waals surface area contributed by atoms with Crippen molar-refractivity contribution >= 4 is 5.82 Å². The molecule has 3 heterocycles. The molecular weight excluding hydrogens is 292 g/mol. The number of nitrogens with zero attached hydrogens (tertiary/aromatic N) is 3. The summed E-state index contributed by atoms with van der Waals surface area (Å²) in [5.74, 6) is 1.86. The van der Waals surface area contributed by atoms with Crippen molar-refractivity contribution in [1.29, 1.82) is 0 Å². The van der Waals surface area contributed by atoms with Crippen molar-refractivity contribution in [3.8, 4) is 11.4 Å². The van der Waals surface area contributed by atoms with Gasteiger partial charge in [-0.3, -0.25) is 4.79 Å². The molecule has 1 aliphatic heterocycles. The highest BCUT2D eigenvalue weighted by atomic mass is 16.3. The molecule has 0 amide bonds. The first kappa shape index (κ1) is 14.4. The Labute approximate surface area is 134 Å². The van der Waals surface area contributed by atoms with Crippen LogP contribution in [0.4, 0.5) is 5.82 Å². The molecular formula is C17H20N4O2. The number of nitrogens with one attached hydrogen (secondary N) is 1. The number of hydrogen-bond acceptors (Lipinski definition) is 5. The van der Waals surface area contributed by atoms with Gasteiger partial charge in [0.25, 0.3) is 5.56 Å². The maximum Gasteiger partial charge on any atom is 0.254 e. The lowest BCUT2D eigenvalue weighted by Crippen LogP contribution is -2.63. The van der Waals surface area contributed by atoms with E-state index < -0.39 is 5.60 Å². The fraction of sp³-hybridized carbons (Fsp3) is 0.471. The highest BCUT2D eigenvalue weighted by molar-refractivity contribution is 5.57. The first-order valence-electron chi connectivity index (χ1n) is 7.97. The van der Waals surface area contributed by atoms with Crippen LogP contribution in [0.5, 0.6) is 0 Å². The predicted octanol–water partition coefficient (Wildman–Crippen LogP) is 1.41. The van der Waals surface area contributed by atoms with E-state index in [1.54, 1.807) is 13.1 Å². The van der Waals surface area contributed by atoms with E-state index in [0.717, 1.165) is 29.9 Å². The fourth-order valence-electron chi connectivity index (χ4n) is 3.15. The minimum Gasteiger partial charge on any atom is -0.386 e. The second-order valence-electron chi connectivity index (χ2n) is 6.76. The third kappa shape index (κ3) is 2.43. The number of aromatic nitrogens is 3. The molecule has 23 heavy (non-hydrogen) atoms. The van der Waals surface area contributed by atoms with E-state index in [4.69, 9.17) is 0 Å². The quantitative estimate of drug-likeness (QED) is 0.895. The van der Waals surface area contributed by atoms with Crippen LogP contribution in [0.2, 0.25) is 0 Å². The van der Waals surface area contributed by atoms with E-state index in [1.165, 1.54) is 0 Å². The Morgan fingerprint density at radius 3 is 2.61 bits per heavy atom. The Kier molecular flexibility index (Phi) is 3.06. The van der Waals surface area contributed by atoms with Crippen molar-refractivity contribution in [1.82, 2.24) is 15.0 Å². The van der Waals surface area contributed by atoms with E-state index in [-0.39, 0.29) is 5.56 Å². The van der Waals surface area contributed by atoms with Gasteiger partial charge >= 0.3 is 0 Å². The van der Waals surface area contributed by atoms with Crippen LogP contribution in [0.15, 0.2) is 23.1 Å². The summed E-state index contributed by atoms with van der Waals surface area (Å²) in [6.07, 6.45) is 4.00. The normalized spacial score (nSPS) is 19.5. The molecule has 1 aliphatic carbocycles. The topological polar surface area (TPSA) is 82.1 Å². The van der Waals surface area contributed by atoms with Crippen molar-refractivity contribution < 1.29 is 5.11 Å². The summed E-state index contributed by atoms with van der Waals surface area (Å²) < 4.78 is 0. The van der Waals surface area contributed by atoms with Crippen LogP contribution in [-0.2, 0) is 0 Å². The summed E-state index contributed by atoms with van der Waals surface area (Å²) in [6.45, 7) is 4.90. The van der Waals surface area contributed by atoms with Crippen molar-refractivity contribution in [2.24, 2.45) is 5.92 Å². The summed E-state index contributed by atoms with van der Waals surface area (Å²) in [5.41, 5.74) is 1.52. The molecule has 0 unspecified atom stereocenters. The molecule has 6 heteroatoms. The molecule has 0 bridgehead atoms. The maximum atomic E-state index is 11.9. The van der Waals surface area contributed by atoms with Gasteiger partial charge in [0.15, 0.2) is 0 Å². The lowest BCUT2D eigenvalue weighted by Gasteiger charge is -2.47. The highest BCUT2D eigenvalue weighted by Gasteiger charge is 2.52. The second-order valence-corrected chi connectivity index (χ2v) is 6.76. The van der Waals surface area contributed by atoms with Crippen LogP contribution in [0, 0.1) is 19.8 Å². The summed E-state index contributed by atoms with van der Waals surface area (Å²) in [5, 5.41) is 10.4. The van der Waals surface area contributed by atoms with Gasteiger partial charge in [0.1, 0.15) is 17.2 Å². The van der Waals surface area contributed by atoms with Gasteiger partial charge in [0, 0.05) is 23.0 Å². The lowest BCUT2D eigenvalue weighted by molar-refractivity contribution is -0.00973. The molecule has 2 aliphatic rings. The Balaban J connectivity index is 1.54. The van der Waals surface area contributed by atoms with Crippen LogP contribution in [-0.4, -0.2) is 38.7 Å². The van der Waals surface area contributed by atoms with E-state index in [0.29, 0.717) is 30.4 Å². The van der Waals surface area contributed by atoms with Crippen molar-refractivity contribution in [3.63, 3.8) is 0 Å². The number of hydrogen-bond donors (Lipinski definition) is 2. The molecule has 1 saturated heterocycles. The first-order valence-corrected chi connectivity index (χ1v) is 7.97. The first-order chi connectivity index (χ1) is 11.0. The Morgan fingerprint density at radius 1 is 1.30 bits per heavy atom. The minimum absolute atomic E-state index is 0.117. The Morgan fingerprint density at radius 2 is 2.04 bits per heavy atom. The van der Waals surface area contributed by atoms with Gasteiger partial charge in [-0.15, -0.1) is 0 Å². The van der Waals surface area contributed by atoms with E-state index in [2.05, 4.69) is 19.9 Å². The zero-order chi connectivity index (χ0) is 16.2. The maximum absolute atomic E-state index is 11.9. The van der Waals surface area contributed by atoms with Crippen LogP contribution in [0.25, 0.3) is 11.4 Å². The summed E-state index contributed by atoms with van der Waals surface area (Å²) in [4.78, 5) is 25.6. The zero-order valence-electron chi connectivity index (χ0n) is 13.3. The van der Waals surface area contributed by atoms with Gasteiger partial charge in [-0.25, -0.2) is 9.97 Å². The highest BCUT2D eigenvalue weighted by Crippen LogP contribution is 2.45. The van der Waals surface area contributed by atoms with Gasteiger partial charge in [-0.05, 0) is 44.7 Å². The summed E-state index contributed by atoms with van der Waals surface area (Å²) in [6, 6.07) is 3.82. The minimum atomic E-state index is -0.513. The van der Waals surface area contributed by atoms with Crippen molar-refractivity contribution in [3.05, 3.63) is 39.9 Å². The Bertz CT molecular complexity index is 802. The predicted molar refractivity (Wildman–Crippen MR) is 87.4 cm³/mol. The molecule has 0 spiro atoms. The van der Waals surface area contributed by atoms with Crippen LogP contribution < -0.4 is 10.5 Å². The molecule has 2 aromatic heterocycles. The molecule has 2 fully saturated rings. The van der Waals surface area contributed by atoms with E-state index in [1.807, 2.05) is 19.1 Å². The number of pyridine rings is 1. The lowest BCUT2D eigenvalue weighted by atomic mass is 9.89. The smallest absolute Gasteiger partial charge is 0.254 e. The molecule has 6 nitrogen and oxygen atoms in total. The second kappa shape index (κ2) is 4.89. The fourth-order valence-corrected chi connectivity index (χ4v) is 3.15. The van der Waals surface area contributed by atoms with Gasteiger partial charge in [0.2, 0.25) is 0 Å². The van der Waals surface area contributed by atoms with Gasteiger partial charge in [-0.1, -0.05) is 0 Å². The molecule has 4 rings (SSSR count). The number of H-pyrrole nitrogens is 1. The van der Waals surface area contributed by atoms with Gasteiger partial charge in [-0.2, -0.15) is 0 Å². The molecule has 0 atom stereocenters. The summed E-state index contributed by atoms with van der Waals surface area (Å²) in [7, 11) is 0. The SMILES string of the molecule is Cc1nc(-c2ccc(N3CC(O)(C4CC4)C3)nc2)[nH]c(=O)c1C. The van der Waals surface area contributed by atoms with Crippen LogP contribution >= 0.6 is 0 Å². The monoisotopic (exact) mass is 312 g/mol. The molecule has 2 N–H and O–H groups in total. The van der Waals surface area contributed by atoms with Crippen LogP contribution in [0.1, 0.15) is 24.1 Å². The summed E-state index contributed by atoms with van der Waals surface area (Å²) >= 11 is 0. The van der Waals surface area contributed by atoms with Crippen molar-refractivity contribution in [2.45, 2.75) is 32.3 Å². The number of rotatable bonds is 3. The standard InChI is InChI=1S/C17H20N4O2/c1-10-11(2)19-15(20-16(10)22)12-3-6-14(18-7-12)21-8-17(23,9-21)13-4-5-13/h3,6-7,13,23H,4-5,8-9H2,1-2H3,(H,19,20,22). The zero-order valence-corrected chi connectivity index (χ0v) is 13.3. The molecule has 2 aromatic rings. The third-order valence-electron chi connectivity index (χ3n) is 5.01. The Hall–Kier alpha value is -2.21. The van der Waals surface area contributed by atoms with Crippen LogP contribution in [0.3, 0.4) is 0 Å². The average molecular weight is 312 g/mol. The molecule has 1 saturated carbocycles. The van der Waals surface area contributed by atoms with Crippen molar-refractivity contribution in [2.75, 3.05) is 18.0 Å². The van der Waals surface area contributed by atoms with E-state index >= 15 is 0 Å². The number of β-amino-alcohol motifs (C(OH)–C–C–N with tert-alkyl or cyclic N) is 1. The average Bonchev–Trinajstić information content (AvgIpc) is 3.34. The van der Waals surface area contributed by atoms with E-state index in [9.17, 15) is 9.90 Å². The third-order valence-corrected chi connectivity index (χ3v) is 5.01. The van der Waals surface area contributed by atoms with Gasteiger partial charge in [0.05, 0.1) is 13.1 Å². The number of aliphatic hydroxyl groups is 1. The van der Waals surface area contributed by atoms with Gasteiger partial charge < -0.3 is 15.0 Å². The number of aryl methyl sites for hydroxylation is 1. The number of aromatic amines is 1.